The van der Waals surface area contributed by atoms with Gasteiger partial charge < -0.3 is 14.1 Å². The van der Waals surface area contributed by atoms with E-state index in [1.807, 2.05) is 47.2 Å². The minimum atomic E-state index is -0.953. The summed E-state index contributed by atoms with van der Waals surface area (Å²) in [7, 11) is 0. The average molecular weight is 297 g/mol. The molecule has 112 valence electrons. The second-order valence-corrected chi connectivity index (χ2v) is 5.13. The van der Waals surface area contributed by atoms with Crippen LogP contribution in [0.3, 0.4) is 0 Å². The molecule has 2 heterocycles. The van der Waals surface area contributed by atoms with Crippen molar-refractivity contribution in [3.05, 3.63) is 48.9 Å². The molecule has 1 N–H and O–H groups in total. The number of hydrogen-bond donors (Lipinski definition) is 1. The maximum Gasteiger partial charge on any atom is 0.303 e. The molecule has 0 amide bonds. The van der Waals surface area contributed by atoms with Gasteiger partial charge in [-0.15, -0.1) is 0 Å². The van der Waals surface area contributed by atoms with Gasteiger partial charge in [-0.05, 0) is 29.7 Å². The van der Waals surface area contributed by atoms with Crippen molar-refractivity contribution in [2.45, 2.75) is 19.4 Å². The molecule has 5 heteroatoms. The summed E-state index contributed by atoms with van der Waals surface area (Å²) in [4.78, 5) is 22.4. The van der Waals surface area contributed by atoms with Crippen molar-refractivity contribution in [3.8, 4) is 11.3 Å². The van der Waals surface area contributed by atoms with Crippen LogP contribution in [0.2, 0.25) is 0 Å². The summed E-state index contributed by atoms with van der Waals surface area (Å²) < 4.78 is 7.23. The summed E-state index contributed by atoms with van der Waals surface area (Å²) in [5.74, 6) is -0.277. The van der Waals surface area contributed by atoms with E-state index in [9.17, 15) is 9.59 Å². The fourth-order valence-corrected chi connectivity index (χ4v) is 2.43. The molecule has 0 bridgehead atoms. The predicted octanol–water partition coefficient (Wildman–Crippen LogP) is 3.34. The summed E-state index contributed by atoms with van der Waals surface area (Å²) in [5.41, 5.74) is 1.87. The molecule has 1 aromatic carbocycles. The number of carbonyl (C=O) groups excluding carboxylic acids is 1. The molecule has 0 atom stereocenters. The van der Waals surface area contributed by atoms with Gasteiger partial charge in [0.2, 0.25) is 0 Å². The molecule has 3 aromatic rings. The van der Waals surface area contributed by atoms with Crippen molar-refractivity contribution in [1.29, 1.82) is 0 Å². The maximum absolute atomic E-state index is 11.9. The number of benzene rings is 1. The lowest BCUT2D eigenvalue weighted by Gasteiger charge is -2.05. The zero-order valence-corrected chi connectivity index (χ0v) is 11.9. The van der Waals surface area contributed by atoms with Crippen LogP contribution >= 0.6 is 0 Å². The molecule has 0 aliphatic heterocycles. The molecule has 2 aromatic heterocycles. The lowest BCUT2D eigenvalue weighted by Crippen LogP contribution is -2.10. The van der Waals surface area contributed by atoms with Crippen molar-refractivity contribution >= 4 is 22.7 Å². The van der Waals surface area contributed by atoms with E-state index < -0.39 is 5.97 Å². The summed E-state index contributed by atoms with van der Waals surface area (Å²) in [6, 6.07) is 11.6. The molecule has 0 fully saturated rings. The maximum atomic E-state index is 11.9. The lowest BCUT2D eigenvalue weighted by atomic mass is 10.1. The normalized spacial score (nSPS) is 10.9. The van der Waals surface area contributed by atoms with Crippen LogP contribution in [0.4, 0.5) is 0 Å². The zero-order chi connectivity index (χ0) is 15.5. The van der Waals surface area contributed by atoms with Gasteiger partial charge in [0, 0.05) is 23.7 Å². The molecule has 0 saturated heterocycles. The van der Waals surface area contributed by atoms with Gasteiger partial charge in [0.25, 0.3) is 0 Å². The molecule has 3 rings (SSSR count). The number of furan rings is 1. The smallest absolute Gasteiger partial charge is 0.303 e. The van der Waals surface area contributed by atoms with E-state index in [2.05, 4.69) is 0 Å². The van der Waals surface area contributed by atoms with Crippen molar-refractivity contribution in [2.24, 2.45) is 0 Å². The Morgan fingerprint density at radius 3 is 2.73 bits per heavy atom. The minimum Gasteiger partial charge on any atom is -0.481 e. The molecule has 0 spiro atoms. The van der Waals surface area contributed by atoms with Crippen molar-refractivity contribution < 1.29 is 19.1 Å². The van der Waals surface area contributed by atoms with Crippen LogP contribution in [-0.2, 0) is 16.1 Å². The largest absolute Gasteiger partial charge is 0.481 e. The van der Waals surface area contributed by atoms with Gasteiger partial charge in [-0.2, -0.15) is 0 Å². The van der Waals surface area contributed by atoms with Gasteiger partial charge in [-0.1, -0.05) is 12.1 Å². The molecule has 0 unspecified atom stereocenters. The van der Waals surface area contributed by atoms with Gasteiger partial charge in [0.15, 0.2) is 5.78 Å². The molecule has 5 nitrogen and oxygen atoms in total. The average Bonchev–Trinajstić information content (AvgIpc) is 3.15. The Kier molecular flexibility index (Phi) is 3.78. The monoisotopic (exact) mass is 297 g/mol. The Morgan fingerprint density at radius 1 is 1.14 bits per heavy atom. The fraction of sp³-hybridized carbons (Fsp3) is 0.176. The van der Waals surface area contributed by atoms with Crippen LogP contribution in [0, 0.1) is 0 Å². The summed E-state index contributed by atoms with van der Waals surface area (Å²) in [6.45, 7) is 0.179. The Morgan fingerprint density at radius 2 is 2.00 bits per heavy atom. The number of ketones is 1. The van der Waals surface area contributed by atoms with Crippen LogP contribution in [0.1, 0.15) is 12.8 Å². The predicted molar refractivity (Wildman–Crippen MR) is 81.5 cm³/mol. The highest BCUT2D eigenvalue weighted by molar-refractivity contribution is 5.87. The standard InChI is InChI=1S/C17H15NO4/c19-14(5-6-17(20)21)11-18-8-7-12-3-4-13(10-15(12)18)16-2-1-9-22-16/h1-4,7-10H,5-6,11H2,(H,20,21). The third-order valence-corrected chi connectivity index (χ3v) is 3.54. The van der Waals surface area contributed by atoms with Crippen LogP contribution < -0.4 is 0 Å². The zero-order valence-electron chi connectivity index (χ0n) is 11.9. The fourth-order valence-electron chi connectivity index (χ4n) is 2.43. The van der Waals surface area contributed by atoms with E-state index in [4.69, 9.17) is 9.52 Å². The van der Waals surface area contributed by atoms with E-state index in [-0.39, 0.29) is 25.2 Å². The first-order valence-electron chi connectivity index (χ1n) is 7.00. The number of hydrogen-bond acceptors (Lipinski definition) is 3. The second-order valence-electron chi connectivity index (χ2n) is 5.13. The molecule has 0 saturated carbocycles. The molecule has 22 heavy (non-hydrogen) atoms. The summed E-state index contributed by atoms with van der Waals surface area (Å²) in [6.07, 6.45) is 3.38. The minimum absolute atomic E-state index is 0.0485. The highest BCUT2D eigenvalue weighted by Gasteiger charge is 2.10. The highest BCUT2D eigenvalue weighted by Crippen LogP contribution is 2.25. The summed E-state index contributed by atoms with van der Waals surface area (Å²) >= 11 is 0. The van der Waals surface area contributed by atoms with Crippen LogP contribution in [0.25, 0.3) is 22.2 Å². The molecular weight excluding hydrogens is 282 g/mol. The first-order chi connectivity index (χ1) is 10.6. The van der Waals surface area contributed by atoms with Crippen molar-refractivity contribution in [2.75, 3.05) is 0 Å². The Balaban J connectivity index is 1.85. The number of carboxylic acid groups (broad SMARTS) is 1. The molecule has 0 aliphatic carbocycles. The van der Waals surface area contributed by atoms with E-state index in [0.29, 0.717) is 0 Å². The van der Waals surface area contributed by atoms with Gasteiger partial charge >= 0.3 is 5.97 Å². The van der Waals surface area contributed by atoms with Crippen LogP contribution in [0.15, 0.2) is 53.3 Å². The number of aromatic nitrogens is 1. The van der Waals surface area contributed by atoms with E-state index >= 15 is 0 Å². The third-order valence-electron chi connectivity index (χ3n) is 3.54. The number of carbonyl (C=O) groups is 2. The second kappa shape index (κ2) is 5.89. The van der Waals surface area contributed by atoms with Gasteiger partial charge in [-0.3, -0.25) is 9.59 Å². The third kappa shape index (κ3) is 2.93. The Labute approximate surface area is 126 Å². The Bertz CT molecular complexity index is 814. The number of carboxylic acids is 1. The van der Waals surface area contributed by atoms with Gasteiger partial charge in [0.1, 0.15) is 5.76 Å². The van der Waals surface area contributed by atoms with E-state index in [0.717, 1.165) is 22.2 Å². The Hall–Kier alpha value is -2.82. The SMILES string of the molecule is O=C(O)CCC(=O)Cn1ccc2ccc(-c3ccco3)cc21. The first-order valence-corrected chi connectivity index (χ1v) is 7.00. The summed E-state index contributed by atoms with van der Waals surface area (Å²) in [5, 5.41) is 9.66. The highest BCUT2D eigenvalue weighted by atomic mass is 16.4. The van der Waals surface area contributed by atoms with Crippen molar-refractivity contribution in [3.63, 3.8) is 0 Å². The number of aliphatic carboxylic acids is 1. The van der Waals surface area contributed by atoms with Crippen LogP contribution in [0.5, 0.6) is 0 Å². The van der Waals surface area contributed by atoms with Crippen molar-refractivity contribution in [1.82, 2.24) is 4.57 Å². The quantitative estimate of drug-likeness (QED) is 0.757. The topological polar surface area (TPSA) is 72.4 Å². The van der Waals surface area contributed by atoms with Crippen LogP contribution in [-0.4, -0.2) is 21.4 Å². The number of Topliss-reactive ketones (excluding diaryl/α,β-unsaturated/α-hetero) is 1. The number of rotatable bonds is 6. The molecule has 0 aliphatic rings. The molecular formula is C17H15NO4. The van der Waals surface area contributed by atoms with Gasteiger partial charge in [0.05, 0.1) is 19.2 Å². The lowest BCUT2D eigenvalue weighted by molar-refractivity contribution is -0.138. The number of nitrogens with zero attached hydrogens (tertiary/aromatic N) is 1. The number of fused-ring (bicyclic) bond motifs is 1. The first kappa shape index (κ1) is 14.1. The molecule has 0 radical (unpaired) electrons. The van der Waals surface area contributed by atoms with E-state index in [1.165, 1.54) is 0 Å². The van der Waals surface area contributed by atoms with E-state index in [1.54, 1.807) is 6.26 Å². The van der Waals surface area contributed by atoms with Gasteiger partial charge in [-0.25, -0.2) is 0 Å².